The van der Waals surface area contributed by atoms with Crippen molar-refractivity contribution in [3.63, 3.8) is 0 Å². The number of allylic oxidation sites excluding steroid dienone is 1. The summed E-state index contributed by atoms with van der Waals surface area (Å²) >= 11 is 6.11. The fraction of sp³-hybridized carbons (Fsp3) is 0.581. The Morgan fingerprint density at radius 3 is 2.74 bits per heavy atom. The van der Waals surface area contributed by atoms with Crippen molar-refractivity contribution in [3.05, 3.63) is 63.7 Å². The summed E-state index contributed by atoms with van der Waals surface area (Å²) in [5, 5.41) is 0.829. The number of hydrogen-bond donors (Lipinski definition) is 0. The molecule has 2 aromatic rings. The minimum Gasteiger partial charge on any atom is -0.300 e. The third-order valence-electron chi connectivity index (χ3n) is 8.03. The van der Waals surface area contributed by atoms with Crippen LogP contribution in [0.5, 0.6) is 0 Å². The first-order valence-corrected chi connectivity index (χ1v) is 14.2. The number of ketones is 1. The SMILES string of the molecule is Cc1cc(CCCCC(=O)CCCC2CCCC(Cc3ncnc4c3C=CCC4)CC2)ccc1Cl. The van der Waals surface area contributed by atoms with Gasteiger partial charge in [0.05, 0.1) is 11.4 Å². The van der Waals surface area contributed by atoms with Gasteiger partial charge >= 0.3 is 0 Å². The first-order valence-electron chi connectivity index (χ1n) is 13.8. The van der Waals surface area contributed by atoms with Gasteiger partial charge in [0.25, 0.3) is 0 Å². The van der Waals surface area contributed by atoms with Crippen molar-refractivity contribution in [2.75, 3.05) is 0 Å². The number of rotatable bonds is 11. The van der Waals surface area contributed by atoms with E-state index in [0.29, 0.717) is 5.78 Å². The molecule has 1 heterocycles. The Morgan fingerprint density at radius 1 is 1.03 bits per heavy atom. The van der Waals surface area contributed by atoms with Crippen LogP contribution in [0.2, 0.25) is 5.02 Å². The fourth-order valence-electron chi connectivity index (χ4n) is 5.90. The van der Waals surface area contributed by atoms with Gasteiger partial charge in [-0.2, -0.15) is 0 Å². The van der Waals surface area contributed by atoms with Crippen LogP contribution >= 0.6 is 11.6 Å². The van der Waals surface area contributed by atoms with Gasteiger partial charge in [0.15, 0.2) is 0 Å². The smallest absolute Gasteiger partial charge is 0.132 e. The molecule has 4 rings (SSSR count). The third kappa shape index (κ3) is 8.00. The minimum atomic E-state index is 0.449. The Kier molecular flexibility index (Phi) is 9.94. The maximum absolute atomic E-state index is 12.4. The van der Waals surface area contributed by atoms with E-state index < -0.39 is 0 Å². The second-order valence-corrected chi connectivity index (χ2v) is 11.2. The number of halogens is 1. The third-order valence-corrected chi connectivity index (χ3v) is 8.46. The summed E-state index contributed by atoms with van der Waals surface area (Å²) in [4.78, 5) is 21.6. The topological polar surface area (TPSA) is 42.9 Å². The average molecular weight is 493 g/mol. The molecule has 0 radical (unpaired) electrons. The highest BCUT2D eigenvalue weighted by molar-refractivity contribution is 6.31. The van der Waals surface area contributed by atoms with Gasteiger partial charge in [-0.3, -0.25) is 4.79 Å². The van der Waals surface area contributed by atoms with Gasteiger partial charge in [0, 0.05) is 23.4 Å². The highest BCUT2D eigenvalue weighted by atomic mass is 35.5. The van der Waals surface area contributed by atoms with Crippen LogP contribution in [0, 0.1) is 18.8 Å². The van der Waals surface area contributed by atoms with Crippen LogP contribution < -0.4 is 0 Å². The fourth-order valence-corrected chi connectivity index (χ4v) is 6.01. The molecule has 0 spiro atoms. The van der Waals surface area contributed by atoms with E-state index in [4.69, 9.17) is 11.6 Å². The molecule has 0 saturated heterocycles. The summed E-state index contributed by atoms with van der Waals surface area (Å²) in [5.74, 6) is 1.98. The highest BCUT2D eigenvalue weighted by Crippen LogP contribution is 2.33. The van der Waals surface area contributed by atoms with E-state index in [1.807, 2.05) is 13.0 Å². The Bertz CT molecular complexity index is 1020. The van der Waals surface area contributed by atoms with Crippen LogP contribution in [0.4, 0.5) is 0 Å². The lowest BCUT2D eigenvalue weighted by molar-refractivity contribution is -0.119. The summed E-state index contributed by atoms with van der Waals surface area (Å²) in [6.45, 7) is 2.05. The molecule has 2 atom stereocenters. The number of carbonyl (C=O) groups excluding carboxylic acids is 1. The lowest BCUT2D eigenvalue weighted by Gasteiger charge is -2.18. The molecule has 2 aliphatic carbocycles. The Balaban J connectivity index is 1.11. The van der Waals surface area contributed by atoms with Crippen molar-refractivity contribution in [2.45, 2.75) is 103 Å². The van der Waals surface area contributed by atoms with Crippen molar-refractivity contribution >= 4 is 23.5 Å². The Labute approximate surface area is 216 Å². The molecule has 0 bridgehead atoms. The number of unbranched alkanes of at least 4 members (excludes halogenated alkanes) is 1. The monoisotopic (exact) mass is 492 g/mol. The largest absolute Gasteiger partial charge is 0.300 e. The molecule has 2 aliphatic rings. The Morgan fingerprint density at radius 2 is 1.86 bits per heavy atom. The maximum atomic E-state index is 12.4. The molecule has 1 aromatic carbocycles. The highest BCUT2D eigenvalue weighted by Gasteiger charge is 2.21. The van der Waals surface area contributed by atoms with Gasteiger partial charge in [-0.15, -0.1) is 0 Å². The second kappa shape index (κ2) is 13.3. The number of aromatic nitrogens is 2. The van der Waals surface area contributed by atoms with Crippen molar-refractivity contribution in [1.29, 1.82) is 0 Å². The normalized spacial score (nSPS) is 19.8. The number of hydrogen-bond acceptors (Lipinski definition) is 3. The molecule has 0 N–H and O–H groups in total. The molecule has 35 heavy (non-hydrogen) atoms. The predicted octanol–water partition coefficient (Wildman–Crippen LogP) is 8.29. The molecule has 1 saturated carbocycles. The zero-order chi connectivity index (χ0) is 24.5. The molecule has 0 amide bonds. The quantitative estimate of drug-likeness (QED) is 0.234. The summed E-state index contributed by atoms with van der Waals surface area (Å²) in [6, 6.07) is 6.25. The molecule has 3 nitrogen and oxygen atoms in total. The Hall–Kier alpha value is -2.00. The van der Waals surface area contributed by atoms with Crippen LogP contribution in [0.1, 0.15) is 105 Å². The second-order valence-electron chi connectivity index (χ2n) is 10.8. The van der Waals surface area contributed by atoms with Crippen molar-refractivity contribution in [3.8, 4) is 0 Å². The molecule has 4 heteroatoms. The number of aryl methyl sites for hydroxylation is 3. The number of benzene rings is 1. The minimum absolute atomic E-state index is 0.449. The van der Waals surface area contributed by atoms with Gasteiger partial charge < -0.3 is 0 Å². The maximum Gasteiger partial charge on any atom is 0.132 e. The van der Waals surface area contributed by atoms with Gasteiger partial charge in [0.2, 0.25) is 0 Å². The van der Waals surface area contributed by atoms with E-state index in [-0.39, 0.29) is 0 Å². The first-order chi connectivity index (χ1) is 17.1. The van der Waals surface area contributed by atoms with E-state index in [2.05, 4.69) is 34.3 Å². The molecule has 0 aliphatic heterocycles. The lowest BCUT2D eigenvalue weighted by atomic mass is 9.89. The standard InChI is InChI=1S/C31H41ClN2O/c1-23-20-25(18-19-29(23)32)8-2-3-12-27(35)13-7-10-24-9-6-11-26(17-16-24)21-31-28-14-4-5-15-30(28)33-22-34-31/h4,14,18-20,22,24,26H,2-3,5-13,15-17,21H2,1H3. The van der Waals surface area contributed by atoms with Crippen molar-refractivity contribution < 1.29 is 4.79 Å². The van der Waals surface area contributed by atoms with E-state index in [9.17, 15) is 4.79 Å². The zero-order valence-electron chi connectivity index (χ0n) is 21.4. The summed E-state index contributed by atoms with van der Waals surface area (Å²) in [5.41, 5.74) is 6.23. The lowest BCUT2D eigenvalue weighted by Crippen LogP contribution is -2.10. The summed E-state index contributed by atoms with van der Waals surface area (Å²) < 4.78 is 0. The number of fused-ring (bicyclic) bond motifs is 1. The summed E-state index contributed by atoms with van der Waals surface area (Å²) in [6.07, 6.45) is 22.9. The molecular weight excluding hydrogens is 452 g/mol. The molecule has 1 aromatic heterocycles. The van der Waals surface area contributed by atoms with Gasteiger partial charge in [0.1, 0.15) is 12.1 Å². The average Bonchev–Trinajstić information content (AvgIpc) is 3.09. The van der Waals surface area contributed by atoms with E-state index in [0.717, 1.165) is 80.2 Å². The predicted molar refractivity (Wildman–Crippen MR) is 146 cm³/mol. The van der Waals surface area contributed by atoms with E-state index in [1.54, 1.807) is 6.33 Å². The molecule has 1 fully saturated rings. The number of Topliss-reactive ketones (excluding diaryl/α,β-unsaturated/α-hetero) is 1. The molecule has 2 unspecified atom stereocenters. The van der Waals surface area contributed by atoms with Crippen LogP contribution in [0.3, 0.4) is 0 Å². The van der Waals surface area contributed by atoms with Crippen LogP contribution in [0.15, 0.2) is 30.6 Å². The van der Waals surface area contributed by atoms with Crippen molar-refractivity contribution in [1.82, 2.24) is 9.97 Å². The summed E-state index contributed by atoms with van der Waals surface area (Å²) in [7, 11) is 0. The van der Waals surface area contributed by atoms with Crippen molar-refractivity contribution in [2.24, 2.45) is 11.8 Å². The van der Waals surface area contributed by atoms with E-state index in [1.165, 1.54) is 61.0 Å². The zero-order valence-corrected chi connectivity index (χ0v) is 22.2. The van der Waals surface area contributed by atoms with Crippen LogP contribution in [-0.2, 0) is 24.1 Å². The molecule has 188 valence electrons. The van der Waals surface area contributed by atoms with Gasteiger partial charge in [-0.25, -0.2) is 9.97 Å². The van der Waals surface area contributed by atoms with Gasteiger partial charge in [-0.1, -0.05) is 68.0 Å². The number of nitrogens with zero attached hydrogens (tertiary/aromatic N) is 2. The molecular formula is C31H41ClN2O. The van der Waals surface area contributed by atoms with Gasteiger partial charge in [-0.05, 0) is 87.3 Å². The number of carbonyl (C=O) groups is 1. The first kappa shape index (κ1) is 26.1. The van der Waals surface area contributed by atoms with E-state index >= 15 is 0 Å². The van der Waals surface area contributed by atoms with Crippen LogP contribution in [0.25, 0.3) is 6.08 Å². The van der Waals surface area contributed by atoms with Crippen LogP contribution in [-0.4, -0.2) is 15.8 Å².